The Morgan fingerprint density at radius 3 is 2.79 bits per heavy atom. The first kappa shape index (κ1) is 13.2. The zero-order chi connectivity index (χ0) is 13.8. The molecule has 0 N–H and O–H groups in total. The summed E-state index contributed by atoms with van der Waals surface area (Å²) >= 11 is 5.93. The summed E-state index contributed by atoms with van der Waals surface area (Å²) in [5.41, 5.74) is 0.488. The Kier molecular flexibility index (Phi) is 3.91. The third kappa shape index (κ3) is 2.79. The van der Waals surface area contributed by atoms with Gasteiger partial charge in [0, 0.05) is 6.07 Å². The second-order valence-electron chi connectivity index (χ2n) is 3.63. The van der Waals surface area contributed by atoms with Crippen molar-refractivity contribution in [2.24, 2.45) is 0 Å². The number of hydrogen-bond donors (Lipinski definition) is 0. The van der Waals surface area contributed by atoms with Gasteiger partial charge in [0.05, 0.1) is 10.5 Å². The van der Waals surface area contributed by atoms with Crippen molar-refractivity contribution in [1.82, 2.24) is 9.97 Å². The van der Waals surface area contributed by atoms with Gasteiger partial charge < -0.3 is 4.74 Å². The lowest BCUT2D eigenvalue weighted by Gasteiger charge is -2.09. The van der Waals surface area contributed by atoms with Crippen molar-refractivity contribution in [1.29, 1.82) is 0 Å². The Bertz CT molecular complexity index is 619. The lowest BCUT2D eigenvalue weighted by molar-refractivity contribution is -0.385. The molecule has 1 aromatic heterocycles. The van der Waals surface area contributed by atoms with Crippen LogP contribution in [0, 0.1) is 10.1 Å². The molecule has 19 heavy (non-hydrogen) atoms. The molecule has 0 bridgehead atoms. The molecule has 0 amide bonds. The highest BCUT2D eigenvalue weighted by Gasteiger charge is 2.17. The Morgan fingerprint density at radius 1 is 1.37 bits per heavy atom. The minimum atomic E-state index is -0.510. The van der Waals surface area contributed by atoms with Crippen LogP contribution in [0.3, 0.4) is 0 Å². The second kappa shape index (κ2) is 5.62. The smallest absolute Gasteiger partial charge is 0.311 e. The number of nitro groups is 1. The highest BCUT2D eigenvalue weighted by Crippen LogP contribution is 2.32. The normalized spacial score (nSPS) is 10.2. The monoisotopic (exact) mass is 279 g/mol. The molecule has 2 rings (SSSR count). The highest BCUT2D eigenvalue weighted by molar-refractivity contribution is 6.30. The van der Waals surface area contributed by atoms with Crippen LogP contribution in [0.4, 0.5) is 5.69 Å². The molecule has 7 heteroatoms. The fourth-order valence-electron chi connectivity index (χ4n) is 1.56. The summed E-state index contributed by atoms with van der Waals surface area (Å²) in [5.74, 6) is 0.355. The van der Waals surface area contributed by atoms with Crippen molar-refractivity contribution in [2.75, 3.05) is 0 Å². The van der Waals surface area contributed by atoms with Crippen molar-refractivity contribution in [2.45, 2.75) is 13.3 Å². The van der Waals surface area contributed by atoms with Crippen LogP contribution in [0.25, 0.3) is 0 Å². The maximum absolute atomic E-state index is 10.9. The molecule has 0 unspecified atom stereocenters. The minimum Gasteiger partial charge on any atom is -0.431 e. The number of nitrogens with zero attached hydrogens (tertiary/aromatic N) is 3. The fourth-order valence-corrected chi connectivity index (χ4v) is 1.82. The lowest BCUT2D eigenvalue weighted by Crippen LogP contribution is -1.99. The van der Waals surface area contributed by atoms with Crippen molar-refractivity contribution >= 4 is 17.3 Å². The topological polar surface area (TPSA) is 78.2 Å². The zero-order valence-corrected chi connectivity index (χ0v) is 10.8. The average Bonchev–Trinajstić information content (AvgIpc) is 2.39. The molecule has 0 aliphatic heterocycles. The van der Waals surface area contributed by atoms with Crippen molar-refractivity contribution in [3.8, 4) is 11.6 Å². The molecule has 0 aliphatic rings. The fraction of sp³-hybridized carbons (Fsp3) is 0.167. The highest BCUT2D eigenvalue weighted by atomic mass is 35.5. The van der Waals surface area contributed by atoms with Gasteiger partial charge >= 0.3 is 5.69 Å². The van der Waals surface area contributed by atoms with Crippen LogP contribution in [-0.2, 0) is 6.42 Å². The van der Waals surface area contributed by atoms with Crippen LogP contribution in [0.1, 0.15) is 12.5 Å². The molecule has 0 radical (unpaired) electrons. The Labute approximate surface area is 114 Å². The average molecular weight is 280 g/mol. The molecule has 0 fully saturated rings. The molecule has 6 nitrogen and oxygen atoms in total. The van der Waals surface area contributed by atoms with Crippen LogP contribution in [0.15, 0.2) is 30.6 Å². The summed E-state index contributed by atoms with van der Waals surface area (Å²) in [6, 6.07) is 6.09. The molecule has 2 aromatic rings. The van der Waals surface area contributed by atoms with E-state index in [-0.39, 0.29) is 22.5 Å². The van der Waals surface area contributed by atoms with Crippen LogP contribution < -0.4 is 4.74 Å². The van der Waals surface area contributed by atoms with Gasteiger partial charge in [0.1, 0.15) is 11.5 Å². The van der Waals surface area contributed by atoms with E-state index in [1.54, 1.807) is 12.1 Å². The number of benzene rings is 1. The number of halogens is 1. The Hall–Kier alpha value is -2.21. The Morgan fingerprint density at radius 2 is 2.11 bits per heavy atom. The van der Waals surface area contributed by atoms with Crippen LogP contribution in [0.5, 0.6) is 11.6 Å². The molecule has 0 spiro atoms. The summed E-state index contributed by atoms with van der Waals surface area (Å²) in [4.78, 5) is 18.2. The number of aromatic nitrogens is 2. The predicted octanol–water partition coefficient (Wildman–Crippen LogP) is 3.39. The van der Waals surface area contributed by atoms with Gasteiger partial charge in [-0.2, -0.15) is 0 Å². The summed E-state index contributed by atoms with van der Waals surface area (Å²) in [7, 11) is 0. The van der Waals surface area contributed by atoms with Crippen molar-refractivity contribution < 1.29 is 9.66 Å². The van der Waals surface area contributed by atoms with Gasteiger partial charge in [0.25, 0.3) is 0 Å². The number of ether oxygens (including phenoxy) is 1. The minimum absolute atomic E-state index is 0.122. The van der Waals surface area contributed by atoms with Gasteiger partial charge in [-0.1, -0.05) is 30.7 Å². The molecular formula is C12H10ClN3O3. The first-order valence-corrected chi connectivity index (χ1v) is 5.92. The molecule has 0 atom stereocenters. The summed E-state index contributed by atoms with van der Waals surface area (Å²) < 4.78 is 5.50. The van der Waals surface area contributed by atoms with E-state index < -0.39 is 4.92 Å². The largest absolute Gasteiger partial charge is 0.431 e. The van der Waals surface area contributed by atoms with E-state index in [4.69, 9.17) is 16.3 Å². The maximum Gasteiger partial charge on any atom is 0.311 e. The van der Waals surface area contributed by atoms with Crippen LogP contribution in [0.2, 0.25) is 5.15 Å². The molecule has 0 saturated carbocycles. The third-order valence-electron chi connectivity index (χ3n) is 2.48. The van der Waals surface area contributed by atoms with E-state index in [1.807, 2.05) is 6.92 Å². The van der Waals surface area contributed by atoms with E-state index in [1.165, 1.54) is 18.5 Å². The number of nitro benzene ring substituents is 1. The third-order valence-corrected chi connectivity index (χ3v) is 2.80. The maximum atomic E-state index is 10.9. The lowest BCUT2D eigenvalue weighted by atomic mass is 10.2. The van der Waals surface area contributed by atoms with Gasteiger partial charge in [-0.05, 0) is 12.5 Å². The summed E-state index contributed by atoms with van der Waals surface area (Å²) in [5, 5.41) is 11.2. The summed E-state index contributed by atoms with van der Waals surface area (Å²) in [6.07, 6.45) is 1.82. The first-order chi connectivity index (χ1) is 9.13. The summed E-state index contributed by atoms with van der Waals surface area (Å²) in [6.45, 7) is 1.87. The van der Waals surface area contributed by atoms with Crippen LogP contribution in [-0.4, -0.2) is 14.9 Å². The first-order valence-electron chi connectivity index (χ1n) is 5.54. The van der Waals surface area contributed by atoms with Crippen LogP contribution >= 0.6 is 11.6 Å². The quantitative estimate of drug-likeness (QED) is 0.487. The van der Waals surface area contributed by atoms with E-state index in [2.05, 4.69) is 9.97 Å². The van der Waals surface area contributed by atoms with E-state index in [0.717, 1.165) is 0 Å². The molecule has 98 valence electrons. The molecule has 1 aromatic carbocycles. The van der Waals surface area contributed by atoms with Gasteiger partial charge in [0.15, 0.2) is 0 Å². The van der Waals surface area contributed by atoms with E-state index in [0.29, 0.717) is 12.0 Å². The number of para-hydroxylation sites is 2. The number of hydrogen-bond acceptors (Lipinski definition) is 5. The second-order valence-corrected chi connectivity index (χ2v) is 3.99. The van der Waals surface area contributed by atoms with E-state index >= 15 is 0 Å². The van der Waals surface area contributed by atoms with Gasteiger partial charge in [0.2, 0.25) is 11.6 Å². The SMILES string of the molecule is CCc1c(Cl)ncnc1Oc1ccccc1[N+](=O)[O-]. The Balaban J connectivity index is 2.42. The molecule has 0 saturated heterocycles. The molecular weight excluding hydrogens is 270 g/mol. The zero-order valence-electron chi connectivity index (χ0n) is 10.0. The predicted molar refractivity (Wildman–Crippen MR) is 69.6 cm³/mol. The van der Waals surface area contributed by atoms with Crippen molar-refractivity contribution in [3.05, 3.63) is 51.4 Å². The number of rotatable bonds is 4. The molecule has 0 aliphatic carbocycles. The van der Waals surface area contributed by atoms with E-state index in [9.17, 15) is 10.1 Å². The van der Waals surface area contributed by atoms with Crippen molar-refractivity contribution in [3.63, 3.8) is 0 Å². The standard InChI is InChI=1S/C12H10ClN3O3/c1-2-8-11(13)14-7-15-12(8)19-10-6-4-3-5-9(10)16(17)18/h3-7H,2H2,1H3. The van der Waals surface area contributed by atoms with Gasteiger partial charge in [-0.25, -0.2) is 9.97 Å². The van der Waals surface area contributed by atoms with Gasteiger partial charge in [-0.15, -0.1) is 0 Å². The van der Waals surface area contributed by atoms with Gasteiger partial charge in [-0.3, -0.25) is 10.1 Å². The molecule has 1 heterocycles.